The topological polar surface area (TPSA) is 73.1 Å². The number of benzene rings is 1. The van der Waals surface area contributed by atoms with Crippen LogP contribution in [0.1, 0.15) is 25.8 Å². The summed E-state index contributed by atoms with van der Waals surface area (Å²) in [5.74, 6) is 1.07. The van der Waals surface area contributed by atoms with Crippen LogP contribution in [0.4, 0.5) is 11.5 Å². The number of hydrogen-bond acceptors (Lipinski definition) is 5. The molecule has 0 spiro atoms. The summed E-state index contributed by atoms with van der Waals surface area (Å²) in [6.07, 6.45) is 3.48. The van der Waals surface area contributed by atoms with E-state index < -0.39 is 0 Å². The van der Waals surface area contributed by atoms with Gasteiger partial charge in [-0.2, -0.15) is 4.98 Å². The van der Waals surface area contributed by atoms with Crippen LogP contribution in [-0.2, 0) is 6.42 Å². The first-order valence-electron chi connectivity index (χ1n) is 7.24. The molecule has 0 saturated carbocycles. The largest absolute Gasteiger partial charge is 0.476 e. The minimum atomic E-state index is 0.261. The molecule has 1 atom stereocenters. The molecule has 1 heterocycles. The molecule has 2 rings (SSSR count). The molecule has 1 unspecified atom stereocenters. The maximum Gasteiger partial charge on any atom is 0.242 e. The fourth-order valence-corrected chi connectivity index (χ4v) is 2.08. The third-order valence-electron chi connectivity index (χ3n) is 3.22. The number of anilines is 2. The third kappa shape index (κ3) is 4.34. The van der Waals surface area contributed by atoms with E-state index in [1.165, 1.54) is 11.9 Å². The van der Waals surface area contributed by atoms with E-state index in [4.69, 9.17) is 10.5 Å². The highest BCUT2D eigenvalue weighted by atomic mass is 16.5. The fraction of sp³-hybridized carbons (Fsp3) is 0.375. The van der Waals surface area contributed by atoms with Crippen LogP contribution in [0.2, 0.25) is 0 Å². The lowest BCUT2D eigenvalue weighted by Gasteiger charge is -2.16. The SMILES string of the molecule is CCOc1ncnc(NC(C)CCc2ccccc2)c1N. The van der Waals surface area contributed by atoms with Crippen molar-refractivity contribution < 1.29 is 4.74 Å². The number of rotatable bonds is 7. The van der Waals surface area contributed by atoms with Crippen LogP contribution in [0.25, 0.3) is 0 Å². The van der Waals surface area contributed by atoms with E-state index in [2.05, 4.69) is 46.5 Å². The lowest BCUT2D eigenvalue weighted by atomic mass is 10.1. The van der Waals surface area contributed by atoms with Gasteiger partial charge in [0, 0.05) is 6.04 Å². The molecule has 112 valence electrons. The van der Waals surface area contributed by atoms with Gasteiger partial charge >= 0.3 is 0 Å². The van der Waals surface area contributed by atoms with Gasteiger partial charge in [0.25, 0.3) is 0 Å². The minimum absolute atomic E-state index is 0.261. The Hall–Kier alpha value is -2.30. The molecule has 0 aliphatic rings. The van der Waals surface area contributed by atoms with E-state index in [-0.39, 0.29) is 6.04 Å². The van der Waals surface area contributed by atoms with Crippen molar-refractivity contribution in [3.63, 3.8) is 0 Å². The number of aryl methyl sites for hydroxylation is 1. The molecule has 0 aliphatic heterocycles. The van der Waals surface area contributed by atoms with Crippen LogP contribution in [0, 0.1) is 0 Å². The molecule has 0 amide bonds. The standard InChI is InChI=1S/C16H22N4O/c1-3-21-16-14(17)15(18-11-19-16)20-12(2)9-10-13-7-5-4-6-8-13/h4-8,11-12H,3,9-10,17H2,1-2H3,(H,18,19,20). The monoisotopic (exact) mass is 286 g/mol. The van der Waals surface area contributed by atoms with Gasteiger partial charge < -0.3 is 15.8 Å². The molecule has 0 fully saturated rings. The molecule has 0 saturated heterocycles. The first-order valence-corrected chi connectivity index (χ1v) is 7.24. The Balaban J connectivity index is 1.93. The smallest absolute Gasteiger partial charge is 0.242 e. The molecule has 1 aromatic heterocycles. The molecule has 5 heteroatoms. The Morgan fingerprint density at radius 1 is 1.24 bits per heavy atom. The second-order valence-corrected chi connectivity index (χ2v) is 4.94. The van der Waals surface area contributed by atoms with Gasteiger partial charge in [-0.1, -0.05) is 30.3 Å². The Labute approximate surface area is 125 Å². The molecule has 21 heavy (non-hydrogen) atoms. The summed E-state index contributed by atoms with van der Waals surface area (Å²) < 4.78 is 5.37. The fourth-order valence-electron chi connectivity index (χ4n) is 2.08. The van der Waals surface area contributed by atoms with Crippen LogP contribution < -0.4 is 15.8 Å². The van der Waals surface area contributed by atoms with Crippen molar-refractivity contribution in [1.82, 2.24) is 9.97 Å². The summed E-state index contributed by atoms with van der Waals surface area (Å²) >= 11 is 0. The lowest BCUT2D eigenvalue weighted by Crippen LogP contribution is -2.18. The van der Waals surface area contributed by atoms with Gasteiger partial charge in [0.05, 0.1) is 6.61 Å². The van der Waals surface area contributed by atoms with Crippen LogP contribution in [0.3, 0.4) is 0 Å². The molecule has 0 aliphatic carbocycles. The highest BCUT2D eigenvalue weighted by molar-refractivity contribution is 5.66. The molecular formula is C16H22N4O. The summed E-state index contributed by atoms with van der Waals surface area (Å²) in [5, 5.41) is 3.32. The highest BCUT2D eigenvalue weighted by Crippen LogP contribution is 2.25. The number of hydrogen-bond donors (Lipinski definition) is 2. The van der Waals surface area contributed by atoms with Crippen molar-refractivity contribution in [3.8, 4) is 5.88 Å². The molecular weight excluding hydrogens is 264 g/mol. The summed E-state index contributed by atoms with van der Waals surface area (Å²) in [4.78, 5) is 8.22. The van der Waals surface area contributed by atoms with Gasteiger partial charge in [-0.05, 0) is 32.3 Å². The van der Waals surface area contributed by atoms with Crippen LogP contribution in [0.15, 0.2) is 36.7 Å². The maximum absolute atomic E-state index is 6.01. The average Bonchev–Trinajstić information content (AvgIpc) is 2.50. The first-order chi connectivity index (χ1) is 10.2. The average molecular weight is 286 g/mol. The van der Waals surface area contributed by atoms with Crippen molar-refractivity contribution in [2.45, 2.75) is 32.7 Å². The Kier molecular flexibility index (Phi) is 5.37. The van der Waals surface area contributed by atoms with Crippen molar-refractivity contribution in [2.75, 3.05) is 17.7 Å². The van der Waals surface area contributed by atoms with E-state index in [0.29, 0.717) is 24.0 Å². The zero-order chi connectivity index (χ0) is 15.1. The molecule has 1 aromatic carbocycles. The van der Waals surface area contributed by atoms with E-state index in [1.54, 1.807) is 0 Å². The van der Waals surface area contributed by atoms with E-state index in [9.17, 15) is 0 Å². The van der Waals surface area contributed by atoms with Crippen LogP contribution in [-0.4, -0.2) is 22.6 Å². The minimum Gasteiger partial charge on any atom is -0.476 e. The van der Waals surface area contributed by atoms with Crippen LogP contribution in [0.5, 0.6) is 5.88 Å². The van der Waals surface area contributed by atoms with E-state index >= 15 is 0 Å². The van der Waals surface area contributed by atoms with Gasteiger partial charge in [0.2, 0.25) is 5.88 Å². The first kappa shape index (κ1) is 15.1. The zero-order valence-corrected chi connectivity index (χ0v) is 12.5. The molecule has 2 aromatic rings. The van der Waals surface area contributed by atoms with Crippen molar-refractivity contribution in [3.05, 3.63) is 42.2 Å². The van der Waals surface area contributed by atoms with Crippen molar-refractivity contribution >= 4 is 11.5 Å². The maximum atomic E-state index is 6.01. The van der Waals surface area contributed by atoms with Crippen molar-refractivity contribution in [1.29, 1.82) is 0 Å². The third-order valence-corrected chi connectivity index (χ3v) is 3.22. The van der Waals surface area contributed by atoms with Gasteiger partial charge in [0.1, 0.15) is 12.0 Å². The quantitative estimate of drug-likeness (QED) is 0.818. The molecule has 3 N–H and O–H groups in total. The number of nitrogen functional groups attached to an aromatic ring is 1. The molecule has 0 bridgehead atoms. The zero-order valence-electron chi connectivity index (χ0n) is 12.5. The molecule has 0 radical (unpaired) electrons. The Morgan fingerprint density at radius 2 is 2.00 bits per heavy atom. The Bertz CT molecular complexity index is 559. The lowest BCUT2D eigenvalue weighted by molar-refractivity contribution is 0.328. The predicted molar refractivity (Wildman–Crippen MR) is 85.5 cm³/mol. The van der Waals surface area contributed by atoms with Gasteiger partial charge in [-0.3, -0.25) is 0 Å². The number of nitrogens with one attached hydrogen (secondary N) is 1. The van der Waals surface area contributed by atoms with Gasteiger partial charge in [-0.15, -0.1) is 0 Å². The van der Waals surface area contributed by atoms with E-state index in [0.717, 1.165) is 12.8 Å². The second-order valence-electron chi connectivity index (χ2n) is 4.94. The second kappa shape index (κ2) is 7.47. The number of aromatic nitrogens is 2. The number of nitrogens with two attached hydrogens (primary N) is 1. The van der Waals surface area contributed by atoms with Crippen molar-refractivity contribution in [2.24, 2.45) is 0 Å². The van der Waals surface area contributed by atoms with E-state index in [1.807, 2.05) is 13.0 Å². The van der Waals surface area contributed by atoms with Crippen LogP contribution >= 0.6 is 0 Å². The molecule has 5 nitrogen and oxygen atoms in total. The normalized spacial score (nSPS) is 11.9. The Morgan fingerprint density at radius 3 is 2.71 bits per heavy atom. The number of ether oxygens (including phenoxy) is 1. The van der Waals surface area contributed by atoms with Gasteiger partial charge in [0.15, 0.2) is 5.82 Å². The van der Waals surface area contributed by atoms with Gasteiger partial charge in [-0.25, -0.2) is 4.98 Å². The summed E-state index contributed by atoms with van der Waals surface area (Å²) in [6.45, 7) is 4.55. The predicted octanol–water partition coefficient (Wildman–Crippen LogP) is 2.89. The summed E-state index contributed by atoms with van der Waals surface area (Å²) in [6, 6.07) is 10.7. The number of nitrogens with zero attached hydrogens (tertiary/aromatic N) is 2. The summed E-state index contributed by atoms with van der Waals surface area (Å²) in [5.41, 5.74) is 7.81. The highest BCUT2D eigenvalue weighted by Gasteiger charge is 2.11. The summed E-state index contributed by atoms with van der Waals surface area (Å²) in [7, 11) is 0.